The number of carbonyl (C=O) groups is 3. The van der Waals surface area contributed by atoms with E-state index in [2.05, 4.69) is 5.32 Å². The molecule has 0 heterocycles. The second-order valence-electron chi connectivity index (χ2n) is 6.01. The van der Waals surface area contributed by atoms with Gasteiger partial charge in [-0.2, -0.15) is 0 Å². The van der Waals surface area contributed by atoms with Gasteiger partial charge in [0.15, 0.2) is 0 Å². The normalized spacial score (nSPS) is 19.8. The largest absolute Gasteiger partial charge is 0.478 e. The molecule has 0 aromatic heterocycles. The Hall–Kier alpha value is -2.63. The molecule has 24 heavy (non-hydrogen) atoms. The molecule has 2 rings (SSSR count). The van der Waals surface area contributed by atoms with E-state index < -0.39 is 17.8 Å². The van der Waals surface area contributed by atoms with Crippen LogP contribution in [0.15, 0.2) is 36.4 Å². The molecule has 0 saturated heterocycles. The Kier molecular flexibility index (Phi) is 5.73. The van der Waals surface area contributed by atoms with Gasteiger partial charge in [0.25, 0.3) is 0 Å². The number of benzene rings is 1. The molecule has 0 spiro atoms. The number of carboxylic acid groups (broad SMARTS) is 1. The molecule has 0 saturated carbocycles. The highest BCUT2D eigenvalue weighted by Crippen LogP contribution is 2.28. The molecule has 0 radical (unpaired) electrons. The number of aromatic carboxylic acids is 1. The fourth-order valence-electron chi connectivity index (χ4n) is 2.62. The van der Waals surface area contributed by atoms with Gasteiger partial charge in [0.1, 0.15) is 0 Å². The molecule has 0 aliphatic heterocycles. The van der Waals surface area contributed by atoms with Crippen LogP contribution in [0.1, 0.15) is 37.0 Å². The number of hydrogen-bond donors (Lipinski definition) is 2. The minimum Gasteiger partial charge on any atom is -0.478 e. The van der Waals surface area contributed by atoms with Crippen LogP contribution in [-0.4, -0.2) is 29.1 Å². The maximum atomic E-state index is 12.5. The van der Waals surface area contributed by atoms with E-state index >= 15 is 0 Å². The van der Waals surface area contributed by atoms with E-state index in [4.69, 9.17) is 9.84 Å². The number of rotatable bonds is 5. The summed E-state index contributed by atoms with van der Waals surface area (Å²) in [5.74, 6) is -2.67. The van der Waals surface area contributed by atoms with Crippen molar-refractivity contribution in [3.63, 3.8) is 0 Å². The van der Waals surface area contributed by atoms with Crippen LogP contribution in [0.4, 0.5) is 5.69 Å². The summed E-state index contributed by atoms with van der Waals surface area (Å²) in [5, 5.41) is 11.6. The number of ether oxygens (including phenoxy) is 1. The van der Waals surface area contributed by atoms with Gasteiger partial charge in [-0.25, -0.2) is 4.79 Å². The lowest BCUT2D eigenvalue weighted by Gasteiger charge is -2.26. The Morgan fingerprint density at radius 2 is 1.67 bits per heavy atom. The SMILES string of the molecule is CC(C)OC(=O)C1CC=CCC1C(=O)Nc1ccc(C(=O)O)cc1. The van der Waals surface area contributed by atoms with Crippen molar-refractivity contribution in [2.24, 2.45) is 11.8 Å². The van der Waals surface area contributed by atoms with E-state index in [-0.39, 0.29) is 23.5 Å². The Morgan fingerprint density at radius 3 is 2.21 bits per heavy atom. The summed E-state index contributed by atoms with van der Waals surface area (Å²) in [6.07, 6.45) is 4.49. The van der Waals surface area contributed by atoms with Crippen LogP contribution in [0.25, 0.3) is 0 Å². The van der Waals surface area contributed by atoms with Crippen molar-refractivity contribution in [1.29, 1.82) is 0 Å². The molecule has 0 bridgehead atoms. The first kappa shape index (κ1) is 17.7. The minimum atomic E-state index is -1.03. The molecule has 1 amide bonds. The van der Waals surface area contributed by atoms with Crippen LogP contribution < -0.4 is 5.32 Å². The molecule has 0 fully saturated rings. The lowest BCUT2D eigenvalue weighted by atomic mass is 9.82. The van der Waals surface area contributed by atoms with E-state index in [1.54, 1.807) is 13.8 Å². The molecule has 1 aliphatic rings. The van der Waals surface area contributed by atoms with Crippen molar-refractivity contribution in [2.75, 3.05) is 5.32 Å². The zero-order valence-corrected chi connectivity index (χ0v) is 13.7. The second kappa shape index (κ2) is 7.77. The Labute approximate surface area is 140 Å². The lowest BCUT2D eigenvalue weighted by molar-refractivity contribution is -0.156. The first-order valence-corrected chi connectivity index (χ1v) is 7.88. The van der Waals surface area contributed by atoms with Crippen molar-refractivity contribution in [3.8, 4) is 0 Å². The average Bonchev–Trinajstić information content (AvgIpc) is 2.54. The number of allylic oxidation sites excluding steroid dienone is 2. The van der Waals surface area contributed by atoms with Crippen LogP contribution in [0.5, 0.6) is 0 Å². The predicted octanol–water partition coefficient (Wildman–Crippen LogP) is 2.86. The zero-order valence-electron chi connectivity index (χ0n) is 13.7. The number of nitrogens with one attached hydrogen (secondary N) is 1. The number of hydrogen-bond acceptors (Lipinski definition) is 4. The number of carbonyl (C=O) groups excluding carboxylic acids is 2. The molecule has 1 aromatic rings. The average molecular weight is 331 g/mol. The monoisotopic (exact) mass is 331 g/mol. The molecule has 1 aromatic carbocycles. The summed E-state index contributed by atoms with van der Waals surface area (Å²) in [6, 6.07) is 5.90. The summed E-state index contributed by atoms with van der Waals surface area (Å²) in [5.41, 5.74) is 0.641. The third-order valence-electron chi connectivity index (χ3n) is 3.82. The first-order chi connectivity index (χ1) is 11.4. The fraction of sp³-hybridized carbons (Fsp3) is 0.389. The number of amides is 1. The van der Waals surface area contributed by atoms with E-state index in [1.165, 1.54) is 24.3 Å². The van der Waals surface area contributed by atoms with Crippen LogP contribution in [0.2, 0.25) is 0 Å². The third-order valence-corrected chi connectivity index (χ3v) is 3.82. The van der Waals surface area contributed by atoms with Gasteiger partial charge in [-0.05, 0) is 51.0 Å². The molecule has 128 valence electrons. The highest BCUT2D eigenvalue weighted by Gasteiger charge is 2.35. The van der Waals surface area contributed by atoms with Gasteiger partial charge in [-0.3, -0.25) is 9.59 Å². The summed E-state index contributed by atoms with van der Waals surface area (Å²) in [4.78, 5) is 35.6. The van der Waals surface area contributed by atoms with Gasteiger partial charge < -0.3 is 15.2 Å². The standard InChI is InChI=1S/C18H21NO5/c1-11(2)24-18(23)15-6-4-3-5-14(15)16(20)19-13-9-7-12(8-10-13)17(21)22/h3-4,7-11,14-15H,5-6H2,1-2H3,(H,19,20)(H,21,22). The van der Waals surface area contributed by atoms with Crippen molar-refractivity contribution >= 4 is 23.5 Å². The lowest BCUT2D eigenvalue weighted by Crippen LogP contribution is -2.36. The number of anilines is 1. The van der Waals surface area contributed by atoms with Crippen LogP contribution in [0.3, 0.4) is 0 Å². The topological polar surface area (TPSA) is 92.7 Å². The van der Waals surface area contributed by atoms with Gasteiger partial charge in [-0.15, -0.1) is 0 Å². The summed E-state index contributed by atoms with van der Waals surface area (Å²) < 4.78 is 5.24. The molecule has 2 atom stereocenters. The smallest absolute Gasteiger partial charge is 0.335 e. The van der Waals surface area contributed by atoms with Crippen molar-refractivity contribution in [1.82, 2.24) is 0 Å². The molecule has 1 aliphatic carbocycles. The fourth-order valence-corrected chi connectivity index (χ4v) is 2.62. The van der Waals surface area contributed by atoms with Crippen molar-refractivity contribution in [3.05, 3.63) is 42.0 Å². The first-order valence-electron chi connectivity index (χ1n) is 7.88. The summed E-state index contributed by atoms with van der Waals surface area (Å²) >= 11 is 0. The summed E-state index contributed by atoms with van der Waals surface area (Å²) in [6.45, 7) is 3.55. The zero-order chi connectivity index (χ0) is 17.7. The van der Waals surface area contributed by atoms with Crippen LogP contribution in [-0.2, 0) is 14.3 Å². The molecule has 2 unspecified atom stereocenters. The van der Waals surface area contributed by atoms with Gasteiger partial charge >= 0.3 is 11.9 Å². The van der Waals surface area contributed by atoms with Crippen molar-refractivity contribution < 1.29 is 24.2 Å². The highest BCUT2D eigenvalue weighted by atomic mass is 16.5. The van der Waals surface area contributed by atoms with Gasteiger partial charge in [-0.1, -0.05) is 12.2 Å². The molecule has 2 N–H and O–H groups in total. The Bertz CT molecular complexity index is 648. The molecular formula is C18H21NO5. The van der Waals surface area contributed by atoms with Gasteiger partial charge in [0.05, 0.1) is 23.5 Å². The van der Waals surface area contributed by atoms with E-state index in [9.17, 15) is 14.4 Å². The number of carboxylic acids is 1. The second-order valence-corrected chi connectivity index (χ2v) is 6.01. The third kappa shape index (κ3) is 4.44. The summed E-state index contributed by atoms with van der Waals surface area (Å²) in [7, 11) is 0. The van der Waals surface area contributed by atoms with Gasteiger partial charge in [0, 0.05) is 5.69 Å². The predicted molar refractivity (Wildman–Crippen MR) is 88.6 cm³/mol. The van der Waals surface area contributed by atoms with Crippen molar-refractivity contribution in [2.45, 2.75) is 32.8 Å². The maximum absolute atomic E-state index is 12.5. The highest BCUT2D eigenvalue weighted by molar-refractivity contribution is 5.96. The van der Waals surface area contributed by atoms with E-state index in [0.29, 0.717) is 18.5 Å². The molecule has 6 nitrogen and oxygen atoms in total. The van der Waals surface area contributed by atoms with Gasteiger partial charge in [0.2, 0.25) is 5.91 Å². The van der Waals surface area contributed by atoms with E-state index in [1.807, 2.05) is 12.2 Å². The molecular weight excluding hydrogens is 310 g/mol. The van der Waals surface area contributed by atoms with E-state index in [0.717, 1.165) is 0 Å². The number of esters is 1. The molecule has 6 heteroatoms. The Balaban J connectivity index is 2.07. The quantitative estimate of drug-likeness (QED) is 0.639. The Morgan fingerprint density at radius 1 is 1.08 bits per heavy atom. The van der Waals surface area contributed by atoms with Crippen LogP contribution in [0, 0.1) is 11.8 Å². The van der Waals surface area contributed by atoms with Crippen LogP contribution >= 0.6 is 0 Å². The maximum Gasteiger partial charge on any atom is 0.335 e. The minimum absolute atomic E-state index is 0.145.